The predicted molar refractivity (Wildman–Crippen MR) is 40.9 cm³/mol. The Morgan fingerprint density at radius 2 is 2.42 bits per heavy atom. The van der Waals surface area contributed by atoms with Gasteiger partial charge < -0.3 is 10.1 Å². The number of nitrogens with one attached hydrogen (secondary N) is 1. The molecule has 1 heterocycles. The first-order valence-corrected chi connectivity index (χ1v) is 3.39. The van der Waals surface area contributed by atoms with Gasteiger partial charge in [0, 0.05) is 11.9 Å². The van der Waals surface area contributed by atoms with E-state index in [1.54, 1.807) is 0 Å². The molecule has 1 rings (SSSR count). The molecule has 1 atom stereocenters. The summed E-state index contributed by atoms with van der Waals surface area (Å²) in [5.74, 6) is -1.68. The Morgan fingerprint density at radius 1 is 1.75 bits per heavy atom. The number of aromatic amines is 1. The van der Waals surface area contributed by atoms with Crippen LogP contribution in [0, 0.1) is 0 Å². The van der Waals surface area contributed by atoms with Crippen molar-refractivity contribution >= 4 is 5.97 Å². The van der Waals surface area contributed by atoms with E-state index in [1.807, 2.05) is 0 Å². The van der Waals surface area contributed by atoms with Gasteiger partial charge in [0.2, 0.25) is 0 Å². The molecule has 0 bridgehead atoms. The SMILES string of the molecule is CC(C(=O)O)c1ccnc(=O)[nH]1. The fraction of sp³-hybridized carbons (Fsp3) is 0.286. The molecule has 64 valence electrons. The minimum atomic E-state index is -0.975. The highest BCUT2D eigenvalue weighted by molar-refractivity contribution is 5.74. The quantitative estimate of drug-likeness (QED) is 0.648. The molecule has 0 radical (unpaired) electrons. The summed E-state index contributed by atoms with van der Waals surface area (Å²) in [5.41, 5.74) is -0.164. The maximum absolute atomic E-state index is 10.7. The number of aromatic nitrogens is 2. The summed E-state index contributed by atoms with van der Waals surface area (Å²) >= 11 is 0. The topological polar surface area (TPSA) is 83.0 Å². The lowest BCUT2D eigenvalue weighted by Gasteiger charge is -2.03. The maximum atomic E-state index is 10.7. The number of carboxylic acid groups (broad SMARTS) is 1. The Balaban J connectivity index is 3.03. The standard InChI is InChI=1S/C7H8N2O3/c1-4(6(10)11)5-2-3-8-7(12)9-5/h2-4H,1H3,(H,10,11)(H,8,9,12). The summed E-state index contributed by atoms with van der Waals surface area (Å²) in [6, 6.07) is 1.47. The minimum absolute atomic E-state index is 0.363. The van der Waals surface area contributed by atoms with E-state index in [0.29, 0.717) is 5.69 Å². The van der Waals surface area contributed by atoms with E-state index in [1.165, 1.54) is 19.2 Å². The van der Waals surface area contributed by atoms with Crippen LogP contribution in [0.5, 0.6) is 0 Å². The first kappa shape index (κ1) is 8.45. The lowest BCUT2D eigenvalue weighted by atomic mass is 10.1. The largest absolute Gasteiger partial charge is 0.481 e. The van der Waals surface area contributed by atoms with Gasteiger partial charge in [0.05, 0.1) is 5.92 Å². The molecule has 0 aromatic carbocycles. The number of carboxylic acids is 1. The first-order chi connectivity index (χ1) is 5.61. The summed E-state index contributed by atoms with van der Waals surface area (Å²) < 4.78 is 0. The van der Waals surface area contributed by atoms with Crippen molar-refractivity contribution in [3.05, 3.63) is 28.4 Å². The van der Waals surface area contributed by atoms with Crippen molar-refractivity contribution in [1.82, 2.24) is 9.97 Å². The molecule has 1 unspecified atom stereocenters. The Hall–Kier alpha value is -1.65. The van der Waals surface area contributed by atoms with Crippen molar-refractivity contribution in [3.63, 3.8) is 0 Å². The lowest BCUT2D eigenvalue weighted by Crippen LogP contribution is -2.16. The van der Waals surface area contributed by atoms with Gasteiger partial charge in [-0.1, -0.05) is 0 Å². The molecular weight excluding hydrogens is 160 g/mol. The van der Waals surface area contributed by atoms with Gasteiger partial charge in [-0.05, 0) is 13.0 Å². The lowest BCUT2D eigenvalue weighted by molar-refractivity contribution is -0.138. The van der Waals surface area contributed by atoms with Crippen LogP contribution in [0.1, 0.15) is 18.5 Å². The second-order valence-electron chi connectivity index (χ2n) is 2.39. The Labute approximate surface area is 68.1 Å². The fourth-order valence-electron chi connectivity index (χ4n) is 0.768. The molecular formula is C7H8N2O3. The summed E-state index contributed by atoms with van der Waals surface area (Å²) in [5, 5.41) is 8.58. The molecule has 12 heavy (non-hydrogen) atoms. The molecule has 0 spiro atoms. The third-order valence-electron chi connectivity index (χ3n) is 1.53. The van der Waals surface area contributed by atoms with Crippen molar-refractivity contribution in [1.29, 1.82) is 0 Å². The summed E-state index contributed by atoms with van der Waals surface area (Å²) in [6.45, 7) is 1.49. The van der Waals surface area contributed by atoms with Crippen LogP contribution in [0.15, 0.2) is 17.1 Å². The van der Waals surface area contributed by atoms with Crippen LogP contribution < -0.4 is 5.69 Å². The smallest absolute Gasteiger partial charge is 0.345 e. The van der Waals surface area contributed by atoms with E-state index in [4.69, 9.17) is 5.11 Å². The zero-order valence-electron chi connectivity index (χ0n) is 6.44. The monoisotopic (exact) mass is 168 g/mol. The second-order valence-corrected chi connectivity index (χ2v) is 2.39. The van der Waals surface area contributed by atoms with Gasteiger partial charge in [0.25, 0.3) is 0 Å². The van der Waals surface area contributed by atoms with E-state index in [2.05, 4.69) is 9.97 Å². The molecule has 0 aliphatic rings. The highest BCUT2D eigenvalue weighted by Gasteiger charge is 2.13. The van der Waals surface area contributed by atoms with E-state index >= 15 is 0 Å². The van der Waals surface area contributed by atoms with Crippen LogP contribution in [-0.2, 0) is 4.79 Å². The Kier molecular flexibility index (Phi) is 2.23. The number of hydrogen-bond acceptors (Lipinski definition) is 3. The molecule has 0 saturated heterocycles. The molecule has 1 aromatic rings. The maximum Gasteiger partial charge on any atom is 0.345 e. The predicted octanol–water partition coefficient (Wildman–Crippen LogP) is -0.0420. The molecule has 0 aliphatic carbocycles. The summed E-state index contributed by atoms with van der Waals surface area (Å²) in [7, 11) is 0. The van der Waals surface area contributed by atoms with E-state index in [9.17, 15) is 9.59 Å². The third kappa shape index (κ3) is 1.69. The van der Waals surface area contributed by atoms with Gasteiger partial charge in [0.15, 0.2) is 0 Å². The number of nitrogens with zero attached hydrogens (tertiary/aromatic N) is 1. The number of carbonyl (C=O) groups is 1. The van der Waals surface area contributed by atoms with Gasteiger partial charge in [-0.15, -0.1) is 0 Å². The van der Waals surface area contributed by atoms with Crippen LogP contribution >= 0.6 is 0 Å². The molecule has 0 amide bonds. The molecule has 1 aromatic heterocycles. The highest BCUT2D eigenvalue weighted by atomic mass is 16.4. The van der Waals surface area contributed by atoms with Crippen molar-refractivity contribution in [2.24, 2.45) is 0 Å². The van der Waals surface area contributed by atoms with Crippen LogP contribution in [0.3, 0.4) is 0 Å². The summed E-state index contributed by atoms with van der Waals surface area (Å²) in [6.07, 6.45) is 1.29. The fourth-order valence-corrected chi connectivity index (χ4v) is 0.768. The first-order valence-electron chi connectivity index (χ1n) is 3.39. The van der Waals surface area contributed by atoms with E-state index in [-0.39, 0.29) is 0 Å². The average molecular weight is 168 g/mol. The molecule has 5 nitrogen and oxygen atoms in total. The van der Waals surface area contributed by atoms with Gasteiger partial charge >= 0.3 is 11.7 Å². The number of hydrogen-bond donors (Lipinski definition) is 2. The Morgan fingerprint density at radius 3 is 2.92 bits per heavy atom. The van der Waals surface area contributed by atoms with Crippen LogP contribution in [0.4, 0.5) is 0 Å². The zero-order valence-corrected chi connectivity index (χ0v) is 6.44. The average Bonchev–Trinajstić information content (AvgIpc) is 2.03. The van der Waals surface area contributed by atoms with Crippen LogP contribution in [0.2, 0.25) is 0 Å². The zero-order chi connectivity index (χ0) is 9.14. The van der Waals surface area contributed by atoms with Crippen molar-refractivity contribution in [2.45, 2.75) is 12.8 Å². The molecule has 0 saturated carbocycles. The van der Waals surface area contributed by atoms with Gasteiger partial charge in [-0.2, -0.15) is 0 Å². The van der Waals surface area contributed by atoms with E-state index < -0.39 is 17.6 Å². The number of H-pyrrole nitrogens is 1. The van der Waals surface area contributed by atoms with Crippen molar-refractivity contribution < 1.29 is 9.90 Å². The normalized spacial score (nSPS) is 12.4. The van der Waals surface area contributed by atoms with Gasteiger partial charge in [-0.3, -0.25) is 4.79 Å². The van der Waals surface area contributed by atoms with Crippen LogP contribution in [-0.4, -0.2) is 21.0 Å². The summed E-state index contributed by atoms with van der Waals surface area (Å²) in [4.78, 5) is 26.8. The molecule has 0 aliphatic heterocycles. The van der Waals surface area contributed by atoms with Crippen LogP contribution in [0.25, 0.3) is 0 Å². The molecule has 5 heteroatoms. The Bertz CT molecular complexity index is 345. The van der Waals surface area contributed by atoms with Gasteiger partial charge in [0.1, 0.15) is 0 Å². The van der Waals surface area contributed by atoms with E-state index in [0.717, 1.165) is 0 Å². The second kappa shape index (κ2) is 3.17. The van der Waals surface area contributed by atoms with Crippen molar-refractivity contribution in [3.8, 4) is 0 Å². The van der Waals surface area contributed by atoms with Crippen molar-refractivity contribution in [2.75, 3.05) is 0 Å². The minimum Gasteiger partial charge on any atom is -0.481 e. The number of rotatable bonds is 2. The highest BCUT2D eigenvalue weighted by Crippen LogP contribution is 2.08. The van der Waals surface area contributed by atoms with Gasteiger partial charge in [-0.25, -0.2) is 9.78 Å². The number of aliphatic carboxylic acids is 1. The molecule has 0 fully saturated rings. The third-order valence-corrected chi connectivity index (χ3v) is 1.53. The molecule has 2 N–H and O–H groups in total.